The van der Waals surface area contributed by atoms with Crippen LogP contribution in [0.1, 0.15) is 22.3 Å². The third kappa shape index (κ3) is 5.15. The number of nitrogens with one attached hydrogen (secondary N) is 1. The van der Waals surface area contributed by atoms with Gasteiger partial charge in [0.2, 0.25) is 0 Å². The lowest BCUT2D eigenvalue weighted by Gasteiger charge is -2.37. The summed E-state index contributed by atoms with van der Waals surface area (Å²) in [4.78, 5) is 21.9. The molecule has 5 rings (SSSR count). The fourth-order valence-electron chi connectivity index (χ4n) is 4.59. The van der Waals surface area contributed by atoms with Gasteiger partial charge in [-0.15, -0.1) is 0 Å². The molecule has 1 aromatic heterocycles. The van der Waals surface area contributed by atoms with Crippen molar-refractivity contribution >= 4 is 17.4 Å². The predicted molar refractivity (Wildman–Crippen MR) is 133 cm³/mol. The minimum Gasteiger partial charge on any atom is -0.486 e. The Hall–Kier alpha value is -3.58. The van der Waals surface area contributed by atoms with Crippen LogP contribution in [0.3, 0.4) is 0 Å². The van der Waals surface area contributed by atoms with Crippen LogP contribution in [-0.4, -0.2) is 61.7 Å². The molecular weight excluding hydrogens is 428 g/mol. The number of carbonyl (C=O) groups excluding carboxylic acids is 1. The molecule has 7 heteroatoms. The Morgan fingerprint density at radius 3 is 2.59 bits per heavy atom. The van der Waals surface area contributed by atoms with Crippen molar-refractivity contribution < 1.29 is 14.3 Å². The number of benzene rings is 2. The molecule has 2 aliphatic rings. The van der Waals surface area contributed by atoms with E-state index in [-0.39, 0.29) is 5.91 Å². The summed E-state index contributed by atoms with van der Waals surface area (Å²) in [5.41, 5.74) is 2.92. The molecular formula is C27H30N4O3. The molecule has 3 heterocycles. The molecule has 0 spiro atoms. The van der Waals surface area contributed by atoms with E-state index in [1.807, 2.05) is 48.5 Å². The molecule has 1 N–H and O–H groups in total. The molecule has 0 atom stereocenters. The van der Waals surface area contributed by atoms with Crippen molar-refractivity contribution in [2.45, 2.75) is 12.8 Å². The van der Waals surface area contributed by atoms with Gasteiger partial charge in [-0.1, -0.05) is 30.3 Å². The number of anilines is 2. The first-order valence-electron chi connectivity index (χ1n) is 11.9. The lowest BCUT2D eigenvalue weighted by Crippen LogP contribution is -2.46. The fourth-order valence-corrected chi connectivity index (χ4v) is 4.59. The van der Waals surface area contributed by atoms with Gasteiger partial charge in [-0.2, -0.15) is 0 Å². The highest BCUT2D eigenvalue weighted by molar-refractivity contribution is 6.04. The average molecular weight is 459 g/mol. The predicted octanol–water partition coefficient (Wildman–Crippen LogP) is 3.86. The second-order valence-corrected chi connectivity index (χ2v) is 8.56. The Morgan fingerprint density at radius 2 is 1.74 bits per heavy atom. The molecule has 176 valence electrons. The average Bonchev–Trinajstić information content (AvgIpc) is 2.90. The highest BCUT2D eigenvalue weighted by Crippen LogP contribution is 2.39. The zero-order valence-electron chi connectivity index (χ0n) is 19.3. The fraction of sp³-hybridized carbons (Fsp3) is 0.333. The monoisotopic (exact) mass is 458 g/mol. The van der Waals surface area contributed by atoms with E-state index >= 15 is 0 Å². The van der Waals surface area contributed by atoms with Crippen molar-refractivity contribution in [3.63, 3.8) is 0 Å². The number of para-hydroxylation sites is 1. The van der Waals surface area contributed by atoms with Gasteiger partial charge in [-0.3, -0.25) is 9.69 Å². The number of ether oxygens (including phenoxy) is 2. The number of amides is 1. The standard InChI is InChI=1S/C27H30N4O3/c32-27(29-25-12-3-4-13-28-25)22-9-2-1-7-21(22)8-6-14-30-15-17-31(18-16-30)23-10-5-11-24-26(23)34-20-19-33-24/h1-5,7,9-13H,6,8,14-20H2,(H,28,29,32). The minimum atomic E-state index is -0.111. The minimum absolute atomic E-state index is 0.111. The van der Waals surface area contributed by atoms with Crippen LogP contribution in [0.5, 0.6) is 11.5 Å². The second kappa shape index (κ2) is 10.6. The number of piperazine rings is 1. The van der Waals surface area contributed by atoms with Crippen LogP contribution in [-0.2, 0) is 6.42 Å². The summed E-state index contributed by atoms with van der Waals surface area (Å²) in [6, 6.07) is 19.5. The zero-order valence-corrected chi connectivity index (χ0v) is 19.3. The summed E-state index contributed by atoms with van der Waals surface area (Å²) in [6.07, 6.45) is 3.55. The first kappa shape index (κ1) is 22.2. The Balaban J connectivity index is 1.13. The van der Waals surface area contributed by atoms with Gasteiger partial charge in [0.05, 0.1) is 5.69 Å². The van der Waals surface area contributed by atoms with Gasteiger partial charge in [0.25, 0.3) is 5.91 Å². The first-order valence-corrected chi connectivity index (χ1v) is 11.9. The maximum absolute atomic E-state index is 12.8. The van der Waals surface area contributed by atoms with Gasteiger partial charge in [-0.25, -0.2) is 4.98 Å². The van der Waals surface area contributed by atoms with Crippen LogP contribution >= 0.6 is 0 Å². The van der Waals surface area contributed by atoms with Crippen LogP contribution in [0.25, 0.3) is 0 Å². The molecule has 0 unspecified atom stereocenters. The molecule has 3 aromatic rings. The number of nitrogens with zero attached hydrogens (tertiary/aromatic N) is 3. The van der Waals surface area contributed by atoms with E-state index in [9.17, 15) is 4.79 Å². The number of rotatable bonds is 7. The van der Waals surface area contributed by atoms with E-state index in [2.05, 4.69) is 26.2 Å². The lowest BCUT2D eigenvalue weighted by atomic mass is 10.0. The molecule has 34 heavy (non-hydrogen) atoms. The summed E-state index contributed by atoms with van der Waals surface area (Å²) >= 11 is 0. The number of pyridine rings is 1. The van der Waals surface area contributed by atoms with E-state index in [0.717, 1.165) is 68.3 Å². The summed E-state index contributed by atoms with van der Waals surface area (Å²) < 4.78 is 11.6. The summed E-state index contributed by atoms with van der Waals surface area (Å²) in [5.74, 6) is 2.18. The first-order chi connectivity index (χ1) is 16.8. The molecule has 0 radical (unpaired) electrons. The third-order valence-electron chi connectivity index (χ3n) is 6.35. The summed E-state index contributed by atoms with van der Waals surface area (Å²) in [5, 5.41) is 2.90. The van der Waals surface area contributed by atoms with Gasteiger partial charge in [-0.05, 0) is 55.3 Å². The third-order valence-corrected chi connectivity index (χ3v) is 6.35. The van der Waals surface area contributed by atoms with E-state index < -0.39 is 0 Å². The summed E-state index contributed by atoms with van der Waals surface area (Å²) in [6.45, 7) is 6.16. The van der Waals surface area contributed by atoms with Crippen LogP contribution in [0, 0.1) is 0 Å². The number of aryl methyl sites for hydroxylation is 1. The van der Waals surface area contributed by atoms with Gasteiger partial charge in [0, 0.05) is 37.9 Å². The quantitative estimate of drug-likeness (QED) is 0.580. The highest BCUT2D eigenvalue weighted by Gasteiger charge is 2.23. The number of aromatic nitrogens is 1. The van der Waals surface area contributed by atoms with Gasteiger partial charge < -0.3 is 19.7 Å². The molecule has 1 saturated heterocycles. The largest absolute Gasteiger partial charge is 0.486 e. The smallest absolute Gasteiger partial charge is 0.257 e. The van der Waals surface area contributed by atoms with Gasteiger partial charge in [0.15, 0.2) is 11.5 Å². The molecule has 7 nitrogen and oxygen atoms in total. The van der Waals surface area contributed by atoms with E-state index in [1.165, 1.54) is 0 Å². The molecule has 0 aliphatic carbocycles. The topological polar surface area (TPSA) is 66.9 Å². The summed E-state index contributed by atoms with van der Waals surface area (Å²) in [7, 11) is 0. The van der Waals surface area contributed by atoms with Crippen molar-refractivity contribution in [3.05, 3.63) is 78.0 Å². The number of carbonyl (C=O) groups is 1. The molecule has 2 aliphatic heterocycles. The zero-order chi connectivity index (χ0) is 23.2. The van der Waals surface area contributed by atoms with Crippen molar-refractivity contribution in [1.29, 1.82) is 0 Å². The van der Waals surface area contributed by atoms with Crippen LogP contribution in [0.2, 0.25) is 0 Å². The number of hydrogen-bond acceptors (Lipinski definition) is 6. The number of fused-ring (bicyclic) bond motifs is 1. The molecule has 1 fully saturated rings. The van der Waals surface area contributed by atoms with Crippen LogP contribution in [0.15, 0.2) is 66.9 Å². The molecule has 0 saturated carbocycles. The normalized spacial score (nSPS) is 15.7. The Labute approximate surface area is 200 Å². The second-order valence-electron chi connectivity index (χ2n) is 8.56. The van der Waals surface area contributed by atoms with Crippen molar-refractivity contribution in [2.24, 2.45) is 0 Å². The highest BCUT2D eigenvalue weighted by atomic mass is 16.6. The molecule has 1 amide bonds. The van der Waals surface area contributed by atoms with Crippen molar-refractivity contribution in [3.8, 4) is 11.5 Å². The number of hydrogen-bond donors (Lipinski definition) is 1. The van der Waals surface area contributed by atoms with Crippen LogP contribution in [0.4, 0.5) is 11.5 Å². The van der Waals surface area contributed by atoms with Crippen molar-refractivity contribution in [1.82, 2.24) is 9.88 Å². The molecule has 2 aromatic carbocycles. The van der Waals surface area contributed by atoms with E-state index in [4.69, 9.17) is 9.47 Å². The molecule has 0 bridgehead atoms. The Morgan fingerprint density at radius 1 is 0.912 bits per heavy atom. The maximum atomic E-state index is 12.8. The van der Waals surface area contributed by atoms with Gasteiger partial charge >= 0.3 is 0 Å². The van der Waals surface area contributed by atoms with Crippen molar-refractivity contribution in [2.75, 3.05) is 56.2 Å². The van der Waals surface area contributed by atoms with E-state index in [1.54, 1.807) is 12.3 Å². The van der Waals surface area contributed by atoms with Gasteiger partial charge in [0.1, 0.15) is 19.0 Å². The SMILES string of the molecule is O=C(Nc1ccccn1)c1ccccc1CCCN1CCN(c2cccc3c2OCCO3)CC1. The van der Waals surface area contributed by atoms with E-state index in [0.29, 0.717) is 24.6 Å². The Bertz CT molecular complexity index is 1110. The maximum Gasteiger partial charge on any atom is 0.257 e. The van der Waals surface area contributed by atoms with Crippen LogP contribution < -0.4 is 19.7 Å². The Kier molecular flexibility index (Phi) is 6.91. The lowest BCUT2D eigenvalue weighted by molar-refractivity contribution is 0.102.